The van der Waals surface area contributed by atoms with Gasteiger partial charge < -0.3 is 0 Å². The summed E-state index contributed by atoms with van der Waals surface area (Å²) in [4.78, 5) is 0. The zero-order valence-electron chi connectivity index (χ0n) is 13.6. The van der Waals surface area contributed by atoms with E-state index in [1.54, 1.807) is 11.1 Å². The lowest BCUT2D eigenvalue weighted by atomic mass is 9.87. The Morgan fingerprint density at radius 2 is 1.90 bits per heavy atom. The Bertz CT molecular complexity index is 381. The molecule has 1 unspecified atom stereocenters. The van der Waals surface area contributed by atoms with Crippen molar-refractivity contribution in [3.05, 3.63) is 34.9 Å². The summed E-state index contributed by atoms with van der Waals surface area (Å²) in [5, 5.41) is 0. The van der Waals surface area contributed by atoms with Crippen molar-refractivity contribution in [2.45, 2.75) is 84.5 Å². The molecule has 0 amide bonds. The SMILES string of the molecule is CC1=CCCC(CCCCC2CCCC=C(C)CC2)=C1. The van der Waals surface area contributed by atoms with Gasteiger partial charge in [0.1, 0.15) is 0 Å². The third kappa shape index (κ3) is 5.69. The average molecular weight is 272 g/mol. The summed E-state index contributed by atoms with van der Waals surface area (Å²) in [6.45, 7) is 4.55. The Hall–Kier alpha value is -0.780. The Labute approximate surface area is 126 Å². The molecule has 112 valence electrons. The van der Waals surface area contributed by atoms with Crippen LogP contribution in [0, 0.1) is 5.92 Å². The minimum Gasteiger partial charge on any atom is -0.0856 e. The molecule has 0 aromatic carbocycles. The lowest BCUT2D eigenvalue weighted by Gasteiger charge is -2.19. The monoisotopic (exact) mass is 272 g/mol. The van der Waals surface area contributed by atoms with E-state index in [-0.39, 0.29) is 0 Å². The van der Waals surface area contributed by atoms with Crippen LogP contribution < -0.4 is 0 Å². The summed E-state index contributed by atoms with van der Waals surface area (Å²) < 4.78 is 0. The lowest BCUT2D eigenvalue weighted by molar-refractivity contribution is 0.387. The first kappa shape index (κ1) is 15.6. The summed E-state index contributed by atoms with van der Waals surface area (Å²) in [6.07, 6.45) is 22.5. The van der Waals surface area contributed by atoms with Gasteiger partial charge in [0, 0.05) is 0 Å². The molecule has 0 N–H and O–H groups in total. The third-order valence-corrected chi connectivity index (χ3v) is 4.98. The fourth-order valence-electron chi connectivity index (χ4n) is 3.64. The Morgan fingerprint density at radius 1 is 1.00 bits per heavy atom. The molecule has 0 aromatic rings. The quantitative estimate of drug-likeness (QED) is 0.384. The number of unbranched alkanes of at least 4 members (excludes halogenated alkanes) is 1. The van der Waals surface area contributed by atoms with Gasteiger partial charge in [0.05, 0.1) is 0 Å². The molecule has 0 aromatic heterocycles. The van der Waals surface area contributed by atoms with Crippen LogP contribution in [0.3, 0.4) is 0 Å². The van der Waals surface area contributed by atoms with Crippen LogP contribution in [-0.2, 0) is 0 Å². The molecule has 0 spiro atoms. The van der Waals surface area contributed by atoms with Gasteiger partial charge in [-0.3, -0.25) is 0 Å². The molecule has 0 nitrogen and oxygen atoms in total. The second kappa shape index (κ2) is 8.49. The molecule has 0 heterocycles. The molecule has 0 heteroatoms. The fraction of sp³-hybridized carbons (Fsp3) is 0.700. The summed E-state index contributed by atoms with van der Waals surface area (Å²) in [7, 11) is 0. The highest BCUT2D eigenvalue weighted by Crippen LogP contribution is 2.28. The minimum atomic E-state index is 1.00. The molecule has 2 aliphatic carbocycles. The Morgan fingerprint density at radius 3 is 2.75 bits per heavy atom. The predicted octanol–water partition coefficient (Wildman–Crippen LogP) is 6.74. The Balaban J connectivity index is 1.63. The van der Waals surface area contributed by atoms with Crippen LogP contribution in [0.4, 0.5) is 0 Å². The molecule has 0 bridgehead atoms. The zero-order valence-corrected chi connectivity index (χ0v) is 13.6. The average Bonchev–Trinajstić information content (AvgIpc) is 2.42. The summed E-state index contributed by atoms with van der Waals surface area (Å²) in [5.41, 5.74) is 4.80. The topological polar surface area (TPSA) is 0 Å². The van der Waals surface area contributed by atoms with Crippen molar-refractivity contribution in [2.75, 3.05) is 0 Å². The van der Waals surface area contributed by atoms with Crippen molar-refractivity contribution in [1.82, 2.24) is 0 Å². The third-order valence-electron chi connectivity index (χ3n) is 4.98. The first-order chi connectivity index (χ1) is 9.74. The largest absolute Gasteiger partial charge is 0.0856 e. The van der Waals surface area contributed by atoms with Crippen LogP contribution in [0.1, 0.15) is 84.5 Å². The van der Waals surface area contributed by atoms with Gasteiger partial charge in [-0.05, 0) is 71.1 Å². The molecule has 1 atom stereocenters. The highest BCUT2D eigenvalue weighted by atomic mass is 14.2. The van der Waals surface area contributed by atoms with E-state index in [4.69, 9.17) is 0 Å². The molecule has 0 radical (unpaired) electrons. The van der Waals surface area contributed by atoms with Crippen LogP contribution in [-0.4, -0.2) is 0 Å². The summed E-state index contributed by atoms with van der Waals surface area (Å²) >= 11 is 0. The number of allylic oxidation sites excluding steroid dienone is 6. The molecule has 0 fully saturated rings. The number of rotatable bonds is 5. The van der Waals surface area contributed by atoms with Crippen molar-refractivity contribution in [3.8, 4) is 0 Å². The van der Waals surface area contributed by atoms with Crippen LogP contribution in [0.15, 0.2) is 34.9 Å². The van der Waals surface area contributed by atoms with Crippen molar-refractivity contribution in [1.29, 1.82) is 0 Å². The van der Waals surface area contributed by atoms with E-state index in [1.165, 1.54) is 76.2 Å². The van der Waals surface area contributed by atoms with Gasteiger partial charge in [0.15, 0.2) is 0 Å². The molecule has 2 rings (SSSR count). The van der Waals surface area contributed by atoms with E-state index in [9.17, 15) is 0 Å². The molecule has 20 heavy (non-hydrogen) atoms. The second-order valence-electron chi connectivity index (χ2n) is 6.92. The molecule has 2 aliphatic rings. The van der Waals surface area contributed by atoms with Crippen LogP contribution in [0.2, 0.25) is 0 Å². The first-order valence-corrected chi connectivity index (χ1v) is 8.76. The van der Waals surface area contributed by atoms with E-state index >= 15 is 0 Å². The fourth-order valence-corrected chi connectivity index (χ4v) is 3.64. The van der Waals surface area contributed by atoms with Crippen molar-refractivity contribution in [3.63, 3.8) is 0 Å². The van der Waals surface area contributed by atoms with Crippen LogP contribution in [0.25, 0.3) is 0 Å². The standard InChI is InChI=1S/C20H32/c1-17-8-3-4-10-19(15-14-17)11-5-6-12-20-13-7-9-18(2)16-20/h8-9,16,19H,3-7,10-15H2,1-2H3. The van der Waals surface area contributed by atoms with E-state index < -0.39 is 0 Å². The maximum atomic E-state index is 2.46. The molecular formula is C20H32. The smallest absolute Gasteiger partial charge is 0.0282 e. The summed E-state index contributed by atoms with van der Waals surface area (Å²) in [5.74, 6) is 1.00. The van der Waals surface area contributed by atoms with E-state index in [2.05, 4.69) is 32.1 Å². The van der Waals surface area contributed by atoms with E-state index in [1.807, 2.05) is 0 Å². The predicted molar refractivity (Wildman–Crippen MR) is 89.9 cm³/mol. The van der Waals surface area contributed by atoms with Gasteiger partial charge in [0.2, 0.25) is 0 Å². The van der Waals surface area contributed by atoms with Crippen molar-refractivity contribution >= 4 is 0 Å². The maximum Gasteiger partial charge on any atom is -0.0282 e. The van der Waals surface area contributed by atoms with Crippen LogP contribution >= 0.6 is 0 Å². The zero-order chi connectivity index (χ0) is 14.2. The highest BCUT2D eigenvalue weighted by Gasteiger charge is 2.11. The maximum absolute atomic E-state index is 2.46. The van der Waals surface area contributed by atoms with Crippen LogP contribution in [0.5, 0.6) is 0 Å². The first-order valence-electron chi connectivity index (χ1n) is 8.76. The van der Waals surface area contributed by atoms with Gasteiger partial charge in [-0.15, -0.1) is 0 Å². The van der Waals surface area contributed by atoms with Gasteiger partial charge in [0.25, 0.3) is 0 Å². The van der Waals surface area contributed by atoms with Crippen molar-refractivity contribution in [2.24, 2.45) is 5.92 Å². The highest BCUT2D eigenvalue weighted by molar-refractivity contribution is 5.25. The molecule has 0 aliphatic heterocycles. The molecule has 0 saturated carbocycles. The van der Waals surface area contributed by atoms with Crippen molar-refractivity contribution < 1.29 is 0 Å². The van der Waals surface area contributed by atoms with Gasteiger partial charge in [-0.1, -0.05) is 54.2 Å². The summed E-state index contributed by atoms with van der Waals surface area (Å²) in [6, 6.07) is 0. The minimum absolute atomic E-state index is 1.00. The van der Waals surface area contributed by atoms with E-state index in [0.717, 1.165) is 5.92 Å². The number of hydrogen-bond donors (Lipinski definition) is 0. The molecular weight excluding hydrogens is 240 g/mol. The van der Waals surface area contributed by atoms with E-state index in [0.29, 0.717) is 0 Å². The Kier molecular flexibility index (Phi) is 6.63. The normalized spacial score (nSPS) is 24.3. The lowest BCUT2D eigenvalue weighted by Crippen LogP contribution is -2.03. The second-order valence-corrected chi connectivity index (χ2v) is 6.92. The number of hydrogen-bond acceptors (Lipinski definition) is 0. The van der Waals surface area contributed by atoms with Gasteiger partial charge in [-0.2, -0.15) is 0 Å². The van der Waals surface area contributed by atoms with Gasteiger partial charge in [-0.25, -0.2) is 0 Å². The molecule has 0 saturated heterocycles. The van der Waals surface area contributed by atoms with Gasteiger partial charge >= 0.3 is 0 Å².